The molecule has 0 amide bonds. The molecule has 1 heterocycles. The van der Waals surface area contributed by atoms with E-state index in [1.165, 1.54) is 16.7 Å². The molecule has 6 heteroatoms. The SMILES string of the molecule is CN=C(NCc1ccc(COCc2ccccc2)cc1)N(C)Cc1csc(C)n1. The van der Waals surface area contributed by atoms with Gasteiger partial charge in [0.05, 0.1) is 30.5 Å². The second-order valence-corrected chi connectivity index (χ2v) is 7.97. The highest BCUT2D eigenvalue weighted by molar-refractivity contribution is 7.09. The number of nitrogens with zero attached hydrogens (tertiary/aromatic N) is 3. The Morgan fingerprint density at radius 3 is 2.31 bits per heavy atom. The molecule has 0 radical (unpaired) electrons. The third kappa shape index (κ3) is 6.69. The second-order valence-electron chi connectivity index (χ2n) is 6.91. The summed E-state index contributed by atoms with van der Waals surface area (Å²) in [6.07, 6.45) is 0. The van der Waals surface area contributed by atoms with Gasteiger partial charge in [0.25, 0.3) is 0 Å². The van der Waals surface area contributed by atoms with E-state index in [0.29, 0.717) is 13.2 Å². The van der Waals surface area contributed by atoms with Gasteiger partial charge in [-0.05, 0) is 23.6 Å². The summed E-state index contributed by atoms with van der Waals surface area (Å²) >= 11 is 1.67. The van der Waals surface area contributed by atoms with E-state index in [2.05, 4.69) is 62.0 Å². The van der Waals surface area contributed by atoms with Crippen LogP contribution < -0.4 is 5.32 Å². The Balaban J connectivity index is 1.44. The van der Waals surface area contributed by atoms with Crippen LogP contribution in [-0.4, -0.2) is 29.9 Å². The van der Waals surface area contributed by atoms with Crippen LogP contribution in [0.25, 0.3) is 0 Å². The highest BCUT2D eigenvalue weighted by atomic mass is 32.1. The molecule has 2 aromatic carbocycles. The van der Waals surface area contributed by atoms with Crippen LogP contribution in [0.5, 0.6) is 0 Å². The summed E-state index contributed by atoms with van der Waals surface area (Å²) in [6.45, 7) is 4.73. The highest BCUT2D eigenvalue weighted by Gasteiger charge is 2.08. The van der Waals surface area contributed by atoms with Crippen molar-refractivity contribution in [1.82, 2.24) is 15.2 Å². The van der Waals surface area contributed by atoms with Gasteiger partial charge >= 0.3 is 0 Å². The Bertz CT molecular complexity index is 906. The largest absolute Gasteiger partial charge is 0.372 e. The molecule has 0 bridgehead atoms. The predicted octanol–water partition coefficient (Wildman–Crippen LogP) is 4.38. The van der Waals surface area contributed by atoms with Crippen molar-refractivity contribution < 1.29 is 4.74 Å². The molecule has 3 rings (SSSR count). The number of benzene rings is 2. The number of aliphatic imine (C=N–C) groups is 1. The van der Waals surface area contributed by atoms with Crippen LogP contribution in [0, 0.1) is 6.92 Å². The van der Waals surface area contributed by atoms with Crippen LogP contribution in [0.2, 0.25) is 0 Å². The lowest BCUT2D eigenvalue weighted by molar-refractivity contribution is 0.107. The molecule has 0 atom stereocenters. The summed E-state index contributed by atoms with van der Waals surface area (Å²) in [5, 5.41) is 6.60. The third-order valence-electron chi connectivity index (χ3n) is 4.49. The van der Waals surface area contributed by atoms with Crippen molar-refractivity contribution in [3.05, 3.63) is 87.4 Å². The van der Waals surface area contributed by atoms with E-state index in [1.54, 1.807) is 18.4 Å². The van der Waals surface area contributed by atoms with E-state index in [-0.39, 0.29) is 0 Å². The number of aryl methyl sites for hydroxylation is 1. The van der Waals surface area contributed by atoms with Crippen molar-refractivity contribution in [2.75, 3.05) is 14.1 Å². The highest BCUT2D eigenvalue weighted by Crippen LogP contribution is 2.11. The topological polar surface area (TPSA) is 49.8 Å². The van der Waals surface area contributed by atoms with Crippen molar-refractivity contribution >= 4 is 17.3 Å². The van der Waals surface area contributed by atoms with Crippen molar-refractivity contribution in [2.45, 2.75) is 33.2 Å². The van der Waals surface area contributed by atoms with Gasteiger partial charge < -0.3 is 15.0 Å². The Hall–Kier alpha value is -2.70. The summed E-state index contributed by atoms with van der Waals surface area (Å²) in [7, 11) is 3.83. The van der Waals surface area contributed by atoms with E-state index in [0.717, 1.165) is 29.8 Å². The molecule has 1 N–H and O–H groups in total. The lowest BCUT2D eigenvalue weighted by Crippen LogP contribution is -2.38. The normalized spacial score (nSPS) is 11.5. The average Bonchev–Trinajstić information content (AvgIpc) is 3.15. The summed E-state index contributed by atoms with van der Waals surface area (Å²) < 4.78 is 5.80. The Labute approximate surface area is 177 Å². The smallest absolute Gasteiger partial charge is 0.194 e. The third-order valence-corrected chi connectivity index (χ3v) is 5.32. The maximum Gasteiger partial charge on any atom is 0.194 e. The molecule has 3 aromatic rings. The van der Waals surface area contributed by atoms with Crippen molar-refractivity contribution in [1.29, 1.82) is 0 Å². The zero-order chi connectivity index (χ0) is 20.5. The Morgan fingerprint density at radius 1 is 1.03 bits per heavy atom. The number of hydrogen-bond donors (Lipinski definition) is 1. The summed E-state index contributed by atoms with van der Waals surface area (Å²) in [6, 6.07) is 18.7. The molecule has 0 saturated heterocycles. The van der Waals surface area contributed by atoms with Gasteiger partial charge in [0.2, 0.25) is 0 Å². The molecule has 0 aliphatic carbocycles. The minimum atomic E-state index is 0.611. The molecule has 0 aliphatic rings. The van der Waals surface area contributed by atoms with E-state index in [4.69, 9.17) is 4.74 Å². The molecule has 152 valence electrons. The molecular formula is C23H28N4OS. The second kappa shape index (κ2) is 10.7. The van der Waals surface area contributed by atoms with Crippen LogP contribution in [-0.2, 0) is 31.0 Å². The van der Waals surface area contributed by atoms with Crippen LogP contribution in [0.4, 0.5) is 0 Å². The first-order valence-electron chi connectivity index (χ1n) is 9.66. The lowest BCUT2D eigenvalue weighted by Gasteiger charge is -2.21. The number of aromatic nitrogens is 1. The summed E-state index contributed by atoms with van der Waals surface area (Å²) in [4.78, 5) is 11.0. The van der Waals surface area contributed by atoms with Gasteiger partial charge in [0, 0.05) is 26.0 Å². The fourth-order valence-corrected chi connectivity index (χ4v) is 3.58. The molecule has 1 aromatic heterocycles. The van der Waals surface area contributed by atoms with Crippen LogP contribution in [0.15, 0.2) is 65.0 Å². The van der Waals surface area contributed by atoms with Gasteiger partial charge in [-0.25, -0.2) is 4.98 Å². The molecule has 0 unspecified atom stereocenters. The van der Waals surface area contributed by atoms with E-state index in [1.807, 2.05) is 32.2 Å². The van der Waals surface area contributed by atoms with Gasteiger partial charge in [-0.1, -0.05) is 54.6 Å². The Morgan fingerprint density at radius 2 is 1.69 bits per heavy atom. The number of guanidine groups is 1. The van der Waals surface area contributed by atoms with Gasteiger partial charge in [-0.2, -0.15) is 0 Å². The first-order valence-corrected chi connectivity index (χ1v) is 10.5. The minimum absolute atomic E-state index is 0.611. The maximum absolute atomic E-state index is 5.80. The maximum atomic E-state index is 5.80. The number of thiazole rings is 1. The first-order chi connectivity index (χ1) is 14.1. The summed E-state index contributed by atoms with van der Waals surface area (Å²) in [5.74, 6) is 0.853. The molecule has 29 heavy (non-hydrogen) atoms. The van der Waals surface area contributed by atoms with Gasteiger partial charge in [-0.3, -0.25) is 4.99 Å². The number of nitrogens with one attached hydrogen (secondary N) is 1. The van der Waals surface area contributed by atoms with Crippen LogP contribution >= 0.6 is 11.3 Å². The molecule has 0 aliphatic heterocycles. The minimum Gasteiger partial charge on any atom is -0.372 e. The van der Waals surface area contributed by atoms with Crippen molar-refractivity contribution in [3.8, 4) is 0 Å². The average molecular weight is 409 g/mol. The first kappa shape index (κ1) is 21.0. The van der Waals surface area contributed by atoms with E-state index < -0.39 is 0 Å². The fourth-order valence-electron chi connectivity index (χ4n) is 2.98. The molecule has 0 saturated carbocycles. The zero-order valence-corrected chi connectivity index (χ0v) is 18.1. The lowest BCUT2D eigenvalue weighted by atomic mass is 10.1. The standard InChI is InChI=1S/C23H28N4OS/c1-18-26-22(17-29-18)14-27(3)23(24-2)25-13-19-9-11-21(12-10-19)16-28-15-20-7-5-4-6-8-20/h4-12,17H,13-16H2,1-3H3,(H,24,25). The fraction of sp³-hybridized carbons (Fsp3) is 0.304. The number of ether oxygens (including phenoxy) is 1. The predicted molar refractivity (Wildman–Crippen MR) is 120 cm³/mol. The number of hydrogen-bond acceptors (Lipinski definition) is 4. The molecule has 0 fully saturated rings. The van der Waals surface area contributed by atoms with Crippen LogP contribution in [0.1, 0.15) is 27.4 Å². The van der Waals surface area contributed by atoms with E-state index in [9.17, 15) is 0 Å². The zero-order valence-electron chi connectivity index (χ0n) is 17.3. The van der Waals surface area contributed by atoms with Gasteiger partial charge in [-0.15, -0.1) is 11.3 Å². The Kier molecular flexibility index (Phi) is 7.78. The summed E-state index contributed by atoms with van der Waals surface area (Å²) in [5.41, 5.74) is 4.63. The van der Waals surface area contributed by atoms with Crippen molar-refractivity contribution in [3.63, 3.8) is 0 Å². The monoisotopic (exact) mass is 408 g/mol. The molecule has 5 nitrogen and oxygen atoms in total. The van der Waals surface area contributed by atoms with Crippen LogP contribution in [0.3, 0.4) is 0 Å². The quantitative estimate of drug-likeness (QED) is 0.444. The molecule has 0 spiro atoms. The van der Waals surface area contributed by atoms with Crippen molar-refractivity contribution in [2.24, 2.45) is 4.99 Å². The van der Waals surface area contributed by atoms with Gasteiger partial charge in [0.1, 0.15) is 0 Å². The number of rotatable bonds is 8. The van der Waals surface area contributed by atoms with E-state index >= 15 is 0 Å². The molecular weight excluding hydrogens is 380 g/mol. The van der Waals surface area contributed by atoms with Gasteiger partial charge in [0.15, 0.2) is 5.96 Å².